The Hall–Kier alpha value is -3.12. The second kappa shape index (κ2) is 6.80. The van der Waals surface area contributed by atoms with E-state index in [1.807, 2.05) is 22.7 Å². The molecule has 138 valence electrons. The van der Waals surface area contributed by atoms with Crippen LogP contribution in [0.25, 0.3) is 37.7 Å². The maximum atomic E-state index is 4.90. The number of benzene rings is 2. The van der Waals surface area contributed by atoms with Gasteiger partial charge in [0.1, 0.15) is 5.01 Å². The number of hydrogen-bond donors (Lipinski definition) is 0. The lowest BCUT2D eigenvalue weighted by molar-refractivity contribution is 0.778. The number of aromatic nitrogens is 5. The van der Waals surface area contributed by atoms with Gasteiger partial charge in [-0.3, -0.25) is 0 Å². The molecule has 0 aliphatic heterocycles. The number of rotatable bonds is 4. The van der Waals surface area contributed by atoms with Crippen LogP contribution >= 0.6 is 11.3 Å². The van der Waals surface area contributed by atoms with Gasteiger partial charge in [-0.15, -0.1) is 10.2 Å². The van der Waals surface area contributed by atoms with Crippen molar-refractivity contribution in [3.05, 3.63) is 66.0 Å². The van der Waals surface area contributed by atoms with Gasteiger partial charge in [0.2, 0.25) is 4.96 Å². The standard InChI is InChI=1S/C22H19N5S/c1-3-7-20-24-25-22-27(20)26-21(28-22)17-13-19(15-8-5-4-6-9-15)23-18-11-10-14(2)12-16(17)18/h4-6,8-13H,3,7H2,1-2H3. The number of pyridine rings is 1. The summed E-state index contributed by atoms with van der Waals surface area (Å²) in [6, 6.07) is 18.8. The summed E-state index contributed by atoms with van der Waals surface area (Å²) in [5.74, 6) is 0.915. The lowest BCUT2D eigenvalue weighted by Gasteiger charge is -2.09. The molecule has 0 N–H and O–H groups in total. The molecule has 0 bridgehead atoms. The summed E-state index contributed by atoms with van der Waals surface area (Å²) in [5, 5.41) is 15.5. The Morgan fingerprint density at radius 1 is 1.00 bits per heavy atom. The van der Waals surface area contributed by atoms with E-state index in [4.69, 9.17) is 10.1 Å². The van der Waals surface area contributed by atoms with Crippen LogP contribution < -0.4 is 0 Å². The molecule has 0 amide bonds. The second-order valence-corrected chi connectivity index (χ2v) is 7.87. The van der Waals surface area contributed by atoms with Crippen LogP contribution in [0.3, 0.4) is 0 Å². The average Bonchev–Trinajstić information content (AvgIpc) is 3.30. The average molecular weight is 385 g/mol. The molecule has 6 heteroatoms. The molecule has 0 aliphatic rings. The molecule has 0 fully saturated rings. The summed E-state index contributed by atoms with van der Waals surface area (Å²) < 4.78 is 1.88. The van der Waals surface area contributed by atoms with Crippen LogP contribution in [0.15, 0.2) is 54.6 Å². The highest BCUT2D eigenvalue weighted by molar-refractivity contribution is 7.19. The van der Waals surface area contributed by atoms with E-state index in [1.165, 1.54) is 5.56 Å². The fourth-order valence-corrected chi connectivity index (χ4v) is 4.31. The maximum Gasteiger partial charge on any atom is 0.234 e. The van der Waals surface area contributed by atoms with Gasteiger partial charge in [0.25, 0.3) is 0 Å². The minimum absolute atomic E-state index is 0.831. The van der Waals surface area contributed by atoms with Gasteiger partial charge in [-0.05, 0) is 31.5 Å². The van der Waals surface area contributed by atoms with Crippen molar-refractivity contribution in [2.45, 2.75) is 26.7 Å². The lowest BCUT2D eigenvalue weighted by atomic mass is 10.0. The Kier molecular flexibility index (Phi) is 4.13. The van der Waals surface area contributed by atoms with Crippen molar-refractivity contribution in [1.82, 2.24) is 24.8 Å². The van der Waals surface area contributed by atoms with Crippen molar-refractivity contribution in [3.63, 3.8) is 0 Å². The first-order valence-electron chi connectivity index (χ1n) is 9.41. The van der Waals surface area contributed by atoms with Gasteiger partial charge in [0.05, 0.1) is 11.2 Å². The van der Waals surface area contributed by atoms with Crippen LogP contribution in [0.2, 0.25) is 0 Å². The van der Waals surface area contributed by atoms with Gasteiger partial charge in [0.15, 0.2) is 5.82 Å². The van der Waals surface area contributed by atoms with E-state index in [0.717, 1.165) is 56.4 Å². The van der Waals surface area contributed by atoms with Crippen LogP contribution in [-0.2, 0) is 6.42 Å². The van der Waals surface area contributed by atoms with E-state index < -0.39 is 0 Å². The Morgan fingerprint density at radius 2 is 1.86 bits per heavy atom. The third-order valence-electron chi connectivity index (χ3n) is 4.79. The van der Waals surface area contributed by atoms with Crippen LogP contribution in [0.5, 0.6) is 0 Å². The molecular weight excluding hydrogens is 366 g/mol. The van der Waals surface area contributed by atoms with Crippen molar-refractivity contribution >= 4 is 27.2 Å². The number of fused-ring (bicyclic) bond motifs is 2. The predicted molar refractivity (Wildman–Crippen MR) is 114 cm³/mol. The molecule has 3 heterocycles. The Morgan fingerprint density at radius 3 is 2.68 bits per heavy atom. The molecule has 0 saturated carbocycles. The zero-order valence-electron chi connectivity index (χ0n) is 15.8. The van der Waals surface area contributed by atoms with E-state index >= 15 is 0 Å². The first-order chi connectivity index (χ1) is 13.7. The van der Waals surface area contributed by atoms with E-state index in [1.54, 1.807) is 11.3 Å². The zero-order chi connectivity index (χ0) is 19.1. The molecule has 0 saturated heterocycles. The smallest absolute Gasteiger partial charge is 0.234 e. The van der Waals surface area contributed by atoms with Gasteiger partial charge in [-0.25, -0.2) is 4.98 Å². The lowest BCUT2D eigenvalue weighted by Crippen LogP contribution is -1.96. The normalized spacial score (nSPS) is 11.5. The zero-order valence-corrected chi connectivity index (χ0v) is 16.6. The highest BCUT2D eigenvalue weighted by Gasteiger charge is 2.16. The van der Waals surface area contributed by atoms with Gasteiger partial charge >= 0.3 is 0 Å². The topological polar surface area (TPSA) is 56.0 Å². The molecule has 5 nitrogen and oxygen atoms in total. The molecule has 3 aromatic heterocycles. The monoisotopic (exact) mass is 385 g/mol. The third kappa shape index (κ3) is 2.86. The van der Waals surface area contributed by atoms with Gasteiger partial charge in [-0.1, -0.05) is 60.2 Å². The van der Waals surface area contributed by atoms with Crippen LogP contribution in [0.1, 0.15) is 24.7 Å². The van der Waals surface area contributed by atoms with E-state index in [2.05, 4.69) is 60.4 Å². The Labute approximate surface area is 166 Å². The second-order valence-electron chi connectivity index (χ2n) is 6.91. The molecular formula is C22H19N5S. The Bertz CT molecular complexity index is 1290. The number of aryl methyl sites for hydroxylation is 2. The Balaban J connectivity index is 1.76. The fourth-order valence-electron chi connectivity index (χ4n) is 3.42. The molecule has 0 spiro atoms. The van der Waals surface area contributed by atoms with E-state index in [-0.39, 0.29) is 0 Å². The quantitative estimate of drug-likeness (QED) is 0.420. The predicted octanol–water partition coefficient (Wildman–Crippen LogP) is 5.33. The number of hydrogen-bond acceptors (Lipinski definition) is 5. The first-order valence-corrected chi connectivity index (χ1v) is 10.2. The van der Waals surface area contributed by atoms with E-state index in [0.29, 0.717) is 0 Å². The van der Waals surface area contributed by atoms with Crippen LogP contribution in [0.4, 0.5) is 0 Å². The van der Waals surface area contributed by atoms with Crippen molar-refractivity contribution in [3.8, 4) is 21.8 Å². The minimum atomic E-state index is 0.831. The van der Waals surface area contributed by atoms with Crippen molar-refractivity contribution in [1.29, 1.82) is 0 Å². The maximum absolute atomic E-state index is 4.90. The summed E-state index contributed by atoms with van der Waals surface area (Å²) in [6.45, 7) is 4.24. The SMILES string of the molecule is CCCc1nnc2sc(-c3cc(-c4ccccc4)nc4ccc(C)cc34)nn12. The molecule has 0 atom stereocenters. The van der Waals surface area contributed by atoms with Crippen LogP contribution in [0, 0.1) is 6.92 Å². The molecule has 5 aromatic rings. The molecule has 5 rings (SSSR count). The minimum Gasteiger partial charge on any atom is -0.248 e. The highest BCUT2D eigenvalue weighted by atomic mass is 32.1. The third-order valence-corrected chi connectivity index (χ3v) is 5.73. The molecule has 2 aromatic carbocycles. The summed E-state index contributed by atoms with van der Waals surface area (Å²) >= 11 is 1.57. The van der Waals surface area contributed by atoms with Gasteiger partial charge in [0, 0.05) is 22.9 Å². The summed E-state index contributed by atoms with van der Waals surface area (Å²) in [5.41, 5.74) is 5.32. The molecule has 28 heavy (non-hydrogen) atoms. The first kappa shape index (κ1) is 17.0. The summed E-state index contributed by atoms with van der Waals surface area (Å²) in [4.78, 5) is 5.73. The van der Waals surface area contributed by atoms with Crippen molar-refractivity contribution in [2.24, 2.45) is 0 Å². The summed E-state index contributed by atoms with van der Waals surface area (Å²) in [6.07, 6.45) is 1.89. The van der Waals surface area contributed by atoms with Gasteiger partial charge < -0.3 is 0 Å². The van der Waals surface area contributed by atoms with Gasteiger partial charge in [-0.2, -0.15) is 9.61 Å². The highest BCUT2D eigenvalue weighted by Crippen LogP contribution is 2.35. The molecule has 0 radical (unpaired) electrons. The molecule has 0 unspecified atom stereocenters. The van der Waals surface area contributed by atoms with E-state index in [9.17, 15) is 0 Å². The summed E-state index contributed by atoms with van der Waals surface area (Å²) in [7, 11) is 0. The van der Waals surface area contributed by atoms with Crippen LogP contribution in [-0.4, -0.2) is 24.8 Å². The van der Waals surface area contributed by atoms with Crippen molar-refractivity contribution in [2.75, 3.05) is 0 Å². The van der Waals surface area contributed by atoms with Crippen molar-refractivity contribution < 1.29 is 0 Å². The fraction of sp³-hybridized carbons (Fsp3) is 0.182. The number of nitrogens with zero attached hydrogens (tertiary/aromatic N) is 5. The largest absolute Gasteiger partial charge is 0.248 e. The molecule has 0 aliphatic carbocycles.